The van der Waals surface area contributed by atoms with Gasteiger partial charge in [-0.15, -0.1) is 0 Å². The lowest BCUT2D eigenvalue weighted by molar-refractivity contribution is 0.0923. The summed E-state index contributed by atoms with van der Waals surface area (Å²) in [6.45, 7) is 4.86. The molecule has 2 heterocycles. The molecule has 202 valence electrons. The Hall–Kier alpha value is -4.31. The molecular formula is C32H28IN3O4. The normalized spacial score (nSPS) is 11.1. The minimum absolute atomic E-state index is 0.156. The molecule has 0 spiro atoms. The number of nitrogens with zero attached hydrogens (tertiary/aromatic N) is 2. The lowest BCUT2D eigenvalue weighted by atomic mass is 10.2. The Morgan fingerprint density at radius 1 is 0.900 bits per heavy atom. The second-order valence-electron chi connectivity index (χ2n) is 9.16. The maximum absolute atomic E-state index is 12.5. The molecule has 7 nitrogen and oxygen atoms in total. The van der Waals surface area contributed by atoms with Crippen LogP contribution >= 0.6 is 22.6 Å². The second kappa shape index (κ2) is 12.7. The summed E-state index contributed by atoms with van der Waals surface area (Å²) in [5.74, 6) is 1.75. The third kappa shape index (κ3) is 6.81. The highest BCUT2D eigenvalue weighted by Crippen LogP contribution is 2.23. The molecule has 0 unspecified atom stereocenters. The van der Waals surface area contributed by atoms with E-state index >= 15 is 0 Å². The fourth-order valence-electron chi connectivity index (χ4n) is 4.17. The van der Waals surface area contributed by atoms with Crippen LogP contribution in [0.1, 0.15) is 38.8 Å². The van der Waals surface area contributed by atoms with Crippen molar-refractivity contribution in [2.75, 3.05) is 0 Å². The molecule has 3 aromatic carbocycles. The summed E-state index contributed by atoms with van der Waals surface area (Å²) < 4.78 is 20.5. The topological polar surface area (TPSA) is 78.0 Å². The molecule has 1 amide bonds. The summed E-state index contributed by atoms with van der Waals surface area (Å²) in [6, 6.07) is 31.1. The Morgan fingerprint density at radius 3 is 2.38 bits per heavy atom. The minimum Gasteiger partial charge on any atom is -0.488 e. The lowest BCUT2D eigenvalue weighted by Gasteiger charge is -2.10. The fourth-order valence-corrected chi connectivity index (χ4v) is 4.86. The molecular weight excluding hydrogens is 617 g/mol. The van der Waals surface area contributed by atoms with E-state index in [-0.39, 0.29) is 12.4 Å². The highest BCUT2D eigenvalue weighted by atomic mass is 127. The first kappa shape index (κ1) is 27.3. The summed E-state index contributed by atoms with van der Waals surface area (Å²) in [4.78, 5) is 12.5. The van der Waals surface area contributed by atoms with Gasteiger partial charge in [-0.3, -0.25) is 4.79 Å². The summed E-state index contributed by atoms with van der Waals surface area (Å²) >= 11 is 2.22. The zero-order valence-electron chi connectivity index (χ0n) is 22.1. The Bertz CT molecular complexity index is 1600. The first-order chi connectivity index (χ1) is 19.5. The molecule has 0 saturated carbocycles. The average molecular weight is 645 g/mol. The van der Waals surface area contributed by atoms with Crippen LogP contribution in [0.3, 0.4) is 0 Å². The van der Waals surface area contributed by atoms with Crippen LogP contribution in [0.4, 0.5) is 0 Å². The molecule has 0 aliphatic carbocycles. The van der Waals surface area contributed by atoms with E-state index in [1.807, 2.05) is 72.8 Å². The van der Waals surface area contributed by atoms with Crippen LogP contribution in [0.5, 0.6) is 11.5 Å². The smallest absolute Gasteiger partial charge is 0.307 e. The average Bonchev–Trinajstić information content (AvgIpc) is 3.58. The number of aromatic nitrogens is 1. The monoisotopic (exact) mass is 645 g/mol. The Labute approximate surface area is 246 Å². The van der Waals surface area contributed by atoms with E-state index in [4.69, 9.17) is 13.9 Å². The van der Waals surface area contributed by atoms with Gasteiger partial charge in [-0.25, -0.2) is 5.43 Å². The highest BCUT2D eigenvalue weighted by molar-refractivity contribution is 14.1. The standard InChI is InChI=1S/C32H28IN3O4/c1-22-8-9-23(2)36(22)26-11-13-27(14-12-26)38-21-28-15-17-31(40-28)32(37)35-34-19-25-10-16-30(29(33)18-25)39-20-24-6-4-3-5-7-24/h3-19H,20-21H2,1-2H3,(H,35,37)/b34-19+. The van der Waals surface area contributed by atoms with Crippen molar-refractivity contribution in [3.05, 3.63) is 135 Å². The van der Waals surface area contributed by atoms with E-state index < -0.39 is 5.91 Å². The third-order valence-corrected chi connectivity index (χ3v) is 7.05. The molecule has 8 heteroatoms. The number of carbonyl (C=O) groups is 1. The van der Waals surface area contributed by atoms with Gasteiger partial charge >= 0.3 is 5.91 Å². The first-order valence-corrected chi connectivity index (χ1v) is 13.8. The van der Waals surface area contributed by atoms with Gasteiger partial charge in [0.05, 0.1) is 9.78 Å². The molecule has 0 saturated heterocycles. The number of benzene rings is 3. The number of nitrogens with one attached hydrogen (secondary N) is 1. The van der Waals surface area contributed by atoms with Gasteiger partial charge in [0.2, 0.25) is 0 Å². The number of halogens is 1. The van der Waals surface area contributed by atoms with Crippen molar-refractivity contribution in [3.8, 4) is 17.2 Å². The first-order valence-electron chi connectivity index (χ1n) is 12.7. The highest BCUT2D eigenvalue weighted by Gasteiger charge is 2.11. The second-order valence-corrected chi connectivity index (χ2v) is 10.3. The molecule has 0 bridgehead atoms. The summed E-state index contributed by atoms with van der Waals surface area (Å²) in [5, 5.41) is 4.06. The molecule has 5 rings (SSSR count). The van der Waals surface area contributed by atoms with Crippen LogP contribution in [0.25, 0.3) is 5.69 Å². The molecule has 2 aromatic heterocycles. The van der Waals surface area contributed by atoms with E-state index in [1.54, 1.807) is 18.3 Å². The van der Waals surface area contributed by atoms with E-state index in [1.165, 1.54) is 11.4 Å². The van der Waals surface area contributed by atoms with Gasteiger partial charge in [-0.1, -0.05) is 30.3 Å². The number of hydrogen-bond acceptors (Lipinski definition) is 5. The maximum Gasteiger partial charge on any atom is 0.307 e. The lowest BCUT2D eigenvalue weighted by Crippen LogP contribution is -2.16. The minimum atomic E-state index is -0.443. The fraction of sp³-hybridized carbons (Fsp3) is 0.125. The van der Waals surface area contributed by atoms with Crippen molar-refractivity contribution in [1.82, 2.24) is 9.99 Å². The van der Waals surface area contributed by atoms with Crippen LogP contribution in [-0.2, 0) is 13.2 Å². The molecule has 0 aliphatic rings. The van der Waals surface area contributed by atoms with Gasteiger partial charge in [0.1, 0.15) is 30.5 Å². The van der Waals surface area contributed by atoms with Crippen LogP contribution < -0.4 is 14.9 Å². The number of carbonyl (C=O) groups excluding carboxylic acids is 1. The van der Waals surface area contributed by atoms with Crippen molar-refractivity contribution >= 4 is 34.7 Å². The number of furan rings is 1. The zero-order valence-corrected chi connectivity index (χ0v) is 24.3. The van der Waals surface area contributed by atoms with Crippen molar-refractivity contribution in [3.63, 3.8) is 0 Å². The Kier molecular flexibility index (Phi) is 8.65. The van der Waals surface area contributed by atoms with Crippen molar-refractivity contribution in [2.24, 2.45) is 5.10 Å². The van der Waals surface area contributed by atoms with Crippen LogP contribution in [0, 0.1) is 17.4 Å². The van der Waals surface area contributed by atoms with Gasteiger partial charge in [-0.2, -0.15) is 5.10 Å². The molecule has 40 heavy (non-hydrogen) atoms. The Morgan fingerprint density at radius 2 is 1.65 bits per heavy atom. The number of hydrogen-bond donors (Lipinski definition) is 1. The predicted octanol–water partition coefficient (Wildman–Crippen LogP) is 7.21. The van der Waals surface area contributed by atoms with Gasteiger partial charge in [-0.05, 0) is 114 Å². The quantitative estimate of drug-likeness (QED) is 0.0990. The number of ether oxygens (including phenoxy) is 2. The van der Waals surface area contributed by atoms with Gasteiger partial charge in [0.25, 0.3) is 0 Å². The van der Waals surface area contributed by atoms with Crippen LogP contribution in [0.2, 0.25) is 0 Å². The molecule has 1 N–H and O–H groups in total. The molecule has 5 aromatic rings. The van der Waals surface area contributed by atoms with Crippen LogP contribution in [0.15, 0.2) is 107 Å². The summed E-state index contributed by atoms with van der Waals surface area (Å²) in [7, 11) is 0. The van der Waals surface area contributed by atoms with E-state index in [0.717, 1.165) is 26.1 Å². The van der Waals surface area contributed by atoms with E-state index in [9.17, 15) is 4.79 Å². The van der Waals surface area contributed by atoms with Crippen LogP contribution in [-0.4, -0.2) is 16.7 Å². The van der Waals surface area contributed by atoms with Gasteiger partial charge in [0, 0.05) is 17.1 Å². The number of aryl methyl sites for hydroxylation is 2. The number of amides is 1. The third-order valence-electron chi connectivity index (χ3n) is 6.21. The predicted molar refractivity (Wildman–Crippen MR) is 163 cm³/mol. The van der Waals surface area contributed by atoms with Gasteiger partial charge < -0.3 is 18.5 Å². The summed E-state index contributed by atoms with van der Waals surface area (Å²) in [5.41, 5.74) is 7.86. The molecule has 0 aliphatic heterocycles. The SMILES string of the molecule is Cc1ccc(C)n1-c1ccc(OCc2ccc(C(=O)N/N=C/c3ccc(OCc4ccccc4)c(I)c3)o2)cc1. The number of rotatable bonds is 10. The maximum atomic E-state index is 12.5. The van der Waals surface area contributed by atoms with E-state index in [0.29, 0.717) is 18.1 Å². The molecule has 0 atom stereocenters. The molecule has 0 fully saturated rings. The van der Waals surface area contributed by atoms with Crippen molar-refractivity contribution in [1.29, 1.82) is 0 Å². The molecule has 0 radical (unpaired) electrons. The zero-order chi connectivity index (χ0) is 27.9. The Balaban J connectivity index is 1.10. The van der Waals surface area contributed by atoms with Gasteiger partial charge in [0.15, 0.2) is 5.76 Å². The van der Waals surface area contributed by atoms with Crippen molar-refractivity contribution in [2.45, 2.75) is 27.1 Å². The summed E-state index contributed by atoms with van der Waals surface area (Å²) in [6.07, 6.45) is 1.58. The number of hydrazone groups is 1. The van der Waals surface area contributed by atoms with E-state index in [2.05, 4.69) is 63.7 Å². The van der Waals surface area contributed by atoms with Crippen molar-refractivity contribution < 1.29 is 18.7 Å². The largest absolute Gasteiger partial charge is 0.488 e.